The molecule has 0 saturated heterocycles. The highest BCUT2D eigenvalue weighted by Gasteiger charge is 2.33. The summed E-state index contributed by atoms with van der Waals surface area (Å²) >= 11 is 0. The number of ether oxygens (including phenoxy) is 9. The fourth-order valence-electron chi connectivity index (χ4n) is 10.8. The Hall–Kier alpha value is -11.7. The van der Waals surface area contributed by atoms with Crippen molar-refractivity contribution in [2.24, 2.45) is 11.7 Å². The SMILES string of the molecule is CC(C)CC(NC(=O)C(Cc1ccccc1)NC(=O)CNC(=O)OC(C)(C)C)C(=O)NCC(=O)NCCOCCOCCNC(=O)C(N)CCC(=O)NCCOCCOCC(=O)NC(CCC(=O)NC(CCC(=O)OCc1ccccc1)C(=O)OCc1ccccc1)C(=O)NC(CCC(=O)OCc1ccccc1)C(=O)OCc1ccccc1. The smallest absolute Gasteiger partial charge is 0.408 e. The van der Waals surface area contributed by atoms with Crippen molar-refractivity contribution in [1.82, 2.24) is 53.2 Å². The maximum absolute atomic E-state index is 14.3. The van der Waals surface area contributed by atoms with Crippen LogP contribution >= 0.6 is 0 Å². The predicted octanol–water partition coefficient (Wildman–Crippen LogP) is 3.18. The lowest BCUT2D eigenvalue weighted by Crippen LogP contribution is -2.56. The van der Waals surface area contributed by atoms with Crippen molar-refractivity contribution in [2.45, 2.75) is 167 Å². The van der Waals surface area contributed by atoms with Crippen LogP contribution in [-0.2, 0) is 138 Å². The van der Waals surface area contributed by atoms with Crippen LogP contribution in [0.1, 0.15) is 120 Å². The molecule has 0 heterocycles. The zero-order valence-electron chi connectivity index (χ0n) is 67.5. The van der Waals surface area contributed by atoms with Crippen LogP contribution in [0.25, 0.3) is 0 Å². The number of carbonyl (C=O) groups excluding carboxylic acids is 14. The van der Waals surface area contributed by atoms with Gasteiger partial charge in [-0.25, -0.2) is 14.4 Å². The van der Waals surface area contributed by atoms with Crippen LogP contribution in [0.3, 0.4) is 0 Å². The number of hydrogen-bond donors (Lipinski definition) is 11. The van der Waals surface area contributed by atoms with Gasteiger partial charge in [0.1, 0.15) is 75.4 Å². The largest absolute Gasteiger partial charge is 0.461 e. The Kier molecular flexibility index (Phi) is 45.8. The Bertz CT molecular complexity index is 3920. The normalized spacial score (nSPS) is 12.5. The van der Waals surface area contributed by atoms with Crippen molar-refractivity contribution in [3.05, 3.63) is 179 Å². The van der Waals surface area contributed by atoms with Gasteiger partial charge in [-0.3, -0.25) is 52.7 Å². The molecule has 10 amide bonds. The predicted molar refractivity (Wildman–Crippen MR) is 429 cm³/mol. The molecule has 0 aromatic heterocycles. The molecule has 0 aliphatic rings. The number of nitrogens with two attached hydrogens (primary N) is 1. The van der Waals surface area contributed by atoms with Gasteiger partial charge in [-0.1, -0.05) is 166 Å². The highest BCUT2D eigenvalue weighted by atomic mass is 16.6. The fourth-order valence-corrected chi connectivity index (χ4v) is 10.8. The average molecular weight is 1640 g/mol. The first kappa shape index (κ1) is 96.9. The first-order valence-corrected chi connectivity index (χ1v) is 39.1. The molecule has 0 bridgehead atoms. The standard InChI is InChI=1S/C84H113N11O23/c1-58(2)49-68(95-80(106)69(50-59-21-11-6-12-22-59)93-73(99)52-90-83(109)118-84(3,4)5)78(104)89-51-72(98)87-40-43-110-45-46-112-44-41-88-77(103)64(85)31-35-70(96)86-39-42-111-47-48-113-57-74(100)91-65(79(105)94-67(82(108)117-56-63-29-19-10-20-30-63)34-38-76(102)115-54-61-25-15-8-16-26-61)32-36-71(97)92-66(81(107)116-55-62-27-17-9-18-28-62)33-37-75(101)114-53-60-23-13-7-14-24-60/h6-30,58,64-69H,31-57,85H2,1-5H3,(H,86,96)(H,87,98)(H,88,103)(H,89,104)(H,90,109)(H,91,100)(H,92,97)(H,93,99)(H,94,105)(H,95,106). The lowest BCUT2D eigenvalue weighted by Gasteiger charge is -2.24. The molecule has 0 spiro atoms. The van der Waals surface area contributed by atoms with Gasteiger partial charge in [-0.15, -0.1) is 0 Å². The van der Waals surface area contributed by atoms with Gasteiger partial charge in [-0.2, -0.15) is 0 Å². The monoisotopic (exact) mass is 1640 g/mol. The van der Waals surface area contributed by atoms with Crippen molar-refractivity contribution in [3.63, 3.8) is 0 Å². The number of rotatable bonds is 56. The zero-order valence-corrected chi connectivity index (χ0v) is 67.5. The maximum Gasteiger partial charge on any atom is 0.408 e. The fraction of sp³-hybridized carbons (Fsp3) is 0.476. The van der Waals surface area contributed by atoms with Gasteiger partial charge in [0.15, 0.2) is 0 Å². The molecule has 0 saturated carbocycles. The minimum atomic E-state index is -1.54. The van der Waals surface area contributed by atoms with E-state index >= 15 is 0 Å². The van der Waals surface area contributed by atoms with Gasteiger partial charge in [0.05, 0.1) is 58.8 Å². The summed E-state index contributed by atoms with van der Waals surface area (Å²) in [6, 6.07) is 36.6. The summed E-state index contributed by atoms with van der Waals surface area (Å²) in [6.45, 7) is 7.48. The number of amides is 10. The van der Waals surface area contributed by atoms with E-state index in [1.165, 1.54) is 0 Å². The Morgan fingerprint density at radius 2 is 0.737 bits per heavy atom. The van der Waals surface area contributed by atoms with E-state index in [4.69, 9.17) is 48.4 Å². The third-order valence-electron chi connectivity index (χ3n) is 16.9. The molecule has 6 unspecified atom stereocenters. The molecule has 34 nitrogen and oxygen atoms in total. The molecule has 118 heavy (non-hydrogen) atoms. The number of nitrogens with one attached hydrogen (secondary N) is 10. The molecule has 5 aromatic rings. The van der Waals surface area contributed by atoms with E-state index in [2.05, 4.69) is 53.2 Å². The summed E-state index contributed by atoms with van der Waals surface area (Å²) in [5.41, 5.74) is 8.70. The van der Waals surface area contributed by atoms with E-state index < -0.39 is 158 Å². The molecule has 5 aromatic carbocycles. The van der Waals surface area contributed by atoms with E-state index in [-0.39, 0.29) is 150 Å². The number of esters is 4. The van der Waals surface area contributed by atoms with Crippen LogP contribution in [0.2, 0.25) is 0 Å². The Morgan fingerprint density at radius 1 is 0.347 bits per heavy atom. The molecule has 0 aliphatic heterocycles. The number of alkyl carbamates (subject to hydrolysis) is 1. The van der Waals surface area contributed by atoms with Crippen LogP contribution in [0.5, 0.6) is 0 Å². The topological polar surface area (TPSA) is 468 Å². The third-order valence-corrected chi connectivity index (χ3v) is 16.9. The summed E-state index contributed by atoms with van der Waals surface area (Å²) in [4.78, 5) is 185. The maximum atomic E-state index is 14.3. The first-order valence-electron chi connectivity index (χ1n) is 39.1. The summed E-state index contributed by atoms with van der Waals surface area (Å²) in [5.74, 6) is -9.07. The second-order valence-electron chi connectivity index (χ2n) is 28.5. The van der Waals surface area contributed by atoms with E-state index in [1.807, 2.05) is 19.9 Å². The summed E-state index contributed by atoms with van der Waals surface area (Å²) in [5, 5.41) is 25.9. The molecule has 12 N–H and O–H groups in total. The number of hydrogen-bond acceptors (Lipinski definition) is 24. The molecule has 5 rings (SSSR count). The average Bonchev–Trinajstić information content (AvgIpc) is 0.891. The Labute approximate surface area is 686 Å². The van der Waals surface area contributed by atoms with Crippen LogP contribution < -0.4 is 58.9 Å². The summed E-state index contributed by atoms with van der Waals surface area (Å²) < 4.78 is 49.2. The van der Waals surface area contributed by atoms with E-state index in [0.717, 1.165) is 11.1 Å². The molecule has 0 fully saturated rings. The van der Waals surface area contributed by atoms with Crippen LogP contribution in [0, 0.1) is 5.92 Å². The number of carbonyl (C=O) groups is 14. The lowest BCUT2D eigenvalue weighted by atomic mass is 10.0. The van der Waals surface area contributed by atoms with Gasteiger partial charge in [-0.05, 0) is 86.6 Å². The summed E-state index contributed by atoms with van der Waals surface area (Å²) in [7, 11) is 0. The number of benzene rings is 5. The van der Waals surface area contributed by atoms with Crippen molar-refractivity contribution in [3.8, 4) is 0 Å². The quantitative estimate of drug-likeness (QED) is 0.0151. The van der Waals surface area contributed by atoms with Gasteiger partial charge < -0.3 is 102 Å². The minimum absolute atomic E-state index is 0.0206. The molecule has 0 aliphatic carbocycles. The molecule has 6 atom stereocenters. The minimum Gasteiger partial charge on any atom is -0.461 e. The van der Waals surface area contributed by atoms with Crippen LogP contribution in [-0.4, -0.2) is 211 Å². The van der Waals surface area contributed by atoms with Gasteiger partial charge >= 0.3 is 30.0 Å². The summed E-state index contributed by atoms with van der Waals surface area (Å²) in [6.07, 6.45) is -2.64. The van der Waals surface area contributed by atoms with Gasteiger partial charge in [0.25, 0.3) is 0 Å². The highest BCUT2D eigenvalue weighted by Crippen LogP contribution is 2.15. The van der Waals surface area contributed by atoms with Crippen molar-refractivity contribution in [2.75, 3.05) is 85.6 Å². The van der Waals surface area contributed by atoms with Crippen molar-refractivity contribution >= 4 is 83.1 Å². The zero-order chi connectivity index (χ0) is 85.7. The molecular formula is C84H113N11O23. The van der Waals surface area contributed by atoms with Crippen LogP contribution in [0.15, 0.2) is 152 Å². The molecule has 34 heteroatoms. The molecular weight excluding hydrogens is 1530 g/mol. The van der Waals surface area contributed by atoms with Crippen molar-refractivity contribution in [1.29, 1.82) is 0 Å². The van der Waals surface area contributed by atoms with E-state index in [0.29, 0.717) is 16.7 Å². The second-order valence-corrected chi connectivity index (χ2v) is 28.5. The van der Waals surface area contributed by atoms with E-state index in [1.54, 1.807) is 166 Å². The van der Waals surface area contributed by atoms with E-state index in [9.17, 15) is 67.1 Å². The second kappa shape index (κ2) is 55.8. The van der Waals surface area contributed by atoms with Gasteiger partial charge in [0.2, 0.25) is 53.2 Å². The Morgan fingerprint density at radius 3 is 1.22 bits per heavy atom. The lowest BCUT2D eigenvalue weighted by molar-refractivity contribution is -0.151. The molecule has 642 valence electrons. The first-order chi connectivity index (χ1) is 56.7. The van der Waals surface area contributed by atoms with Crippen LogP contribution in [0.4, 0.5) is 4.79 Å². The highest BCUT2D eigenvalue weighted by molar-refractivity contribution is 5.95. The Balaban J connectivity index is 0.995. The van der Waals surface area contributed by atoms with Gasteiger partial charge in [0, 0.05) is 51.7 Å². The third kappa shape index (κ3) is 43.8. The van der Waals surface area contributed by atoms with Crippen molar-refractivity contribution < 1.29 is 110 Å². The molecule has 0 radical (unpaired) electrons.